The molecule has 0 N–H and O–H groups in total. The summed E-state index contributed by atoms with van der Waals surface area (Å²) in [4.78, 5) is 0. The summed E-state index contributed by atoms with van der Waals surface area (Å²) in [7, 11) is 0. The molecule has 0 aliphatic heterocycles. The zero-order chi connectivity index (χ0) is 7.68. The lowest BCUT2D eigenvalue weighted by Gasteiger charge is -2.29. The van der Waals surface area contributed by atoms with E-state index in [2.05, 4.69) is 25.2 Å². The van der Waals surface area contributed by atoms with E-state index in [4.69, 9.17) is 0 Å². The Kier molecular flexibility index (Phi) is 3.81. The monoisotopic (exact) mass is 276 g/mol. The van der Waals surface area contributed by atoms with E-state index < -0.39 is 0 Å². The van der Waals surface area contributed by atoms with E-state index in [1.165, 1.54) is 31.3 Å². The minimum atomic E-state index is 0. The Morgan fingerprint density at radius 3 is 2.58 bits per heavy atom. The Labute approximate surface area is 92.1 Å². The Morgan fingerprint density at radius 1 is 1.17 bits per heavy atom. The zero-order valence-corrected chi connectivity index (χ0v) is 9.95. The fraction of sp³-hybridized carbons (Fsp3) is 0.636. The van der Waals surface area contributed by atoms with E-state index in [1.807, 2.05) is 0 Å². The summed E-state index contributed by atoms with van der Waals surface area (Å²) >= 11 is 0. The van der Waals surface area contributed by atoms with E-state index >= 15 is 0 Å². The van der Waals surface area contributed by atoms with Gasteiger partial charge in [-0.25, -0.2) is 0 Å². The summed E-state index contributed by atoms with van der Waals surface area (Å²) in [6, 6.07) is 0. The van der Waals surface area contributed by atoms with Gasteiger partial charge in [-0.3, -0.25) is 0 Å². The maximum Gasteiger partial charge on any atom is -0.0165 e. The SMILES string of the molecule is CC1=C[C@@H]2CCCCC2C=C1.I. The first-order valence-electron chi connectivity index (χ1n) is 4.73. The van der Waals surface area contributed by atoms with Crippen molar-refractivity contribution in [2.75, 3.05) is 0 Å². The first kappa shape index (κ1) is 10.3. The molecule has 2 rings (SSSR count). The molecule has 0 spiro atoms. The van der Waals surface area contributed by atoms with Crippen molar-refractivity contribution in [3.05, 3.63) is 23.8 Å². The first-order valence-corrected chi connectivity index (χ1v) is 4.73. The quantitative estimate of drug-likeness (QED) is 0.588. The molecule has 0 radical (unpaired) electrons. The van der Waals surface area contributed by atoms with Crippen LogP contribution in [0.5, 0.6) is 0 Å². The molecule has 1 fully saturated rings. The van der Waals surface area contributed by atoms with Gasteiger partial charge in [-0.1, -0.05) is 36.6 Å². The summed E-state index contributed by atoms with van der Waals surface area (Å²) in [6.07, 6.45) is 12.9. The van der Waals surface area contributed by atoms with Crippen molar-refractivity contribution in [1.82, 2.24) is 0 Å². The summed E-state index contributed by atoms with van der Waals surface area (Å²) in [5.41, 5.74) is 1.47. The van der Waals surface area contributed by atoms with Crippen LogP contribution in [0.4, 0.5) is 0 Å². The number of allylic oxidation sites excluding steroid dienone is 4. The van der Waals surface area contributed by atoms with Gasteiger partial charge in [0.25, 0.3) is 0 Å². The molecule has 2 atom stereocenters. The van der Waals surface area contributed by atoms with Crippen molar-refractivity contribution < 1.29 is 0 Å². The standard InChI is InChI=1S/C11H16.HI/c1-9-6-7-10-4-2-3-5-11(10)8-9;/h6-8,10-11H,2-5H2,1H3;1H/t10?,11-;/m0./s1. The molecule has 1 saturated carbocycles. The number of halogens is 1. The Hall–Kier alpha value is 0.210. The summed E-state index contributed by atoms with van der Waals surface area (Å²) in [5.74, 6) is 1.76. The number of hydrogen-bond donors (Lipinski definition) is 0. The smallest absolute Gasteiger partial charge is 0.0165 e. The lowest BCUT2D eigenvalue weighted by molar-refractivity contribution is 0.333. The van der Waals surface area contributed by atoms with Gasteiger partial charge in [0.2, 0.25) is 0 Å². The van der Waals surface area contributed by atoms with Gasteiger partial charge in [0.1, 0.15) is 0 Å². The fourth-order valence-corrected chi connectivity index (χ4v) is 2.30. The van der Waals surface area contributed by atoms with E-state index in [0.717, 1.165) is 11.8 Å². The summed E-state index contributed by atoms with van der Waals surface area (Å²) in [5, 5.41) is 0. The highest BCUT2D eigenvalue weighted by Gasteiger charge is 2.22. The van der Waals surface area contributed by atoms with Gasteiger partial charge >= 0.3 is 0 Å². The third-order valence-electron chi connectivity index (χ3n) is 2.96. The van der Waals surface area contributed by atoms with Gasteiger partial charge in [-0.2, -0.15) is 0 Å². The third-order valence-corrected chi connectivity index (χ3v) is 2.96. The molecule has 1 unspecified atom stereocenters. The zero-order valence-electron chi connectivity index (χ0n) is 7.62. The van der Waals surface area contributed by atoms with E-state index in [0.29, 0.717) is 0 Å². The van der Waals surface area contributed by atoms with Crippen LogP contribution in [-0.4, -0.2) is 0 Å². The van der Waals surface area contributed by atoms with Crippen LogP contribution in [0.1, 0.15) is 32.6 Å². The molecule has 1 heteroatoms. The number of hydrogen-bond acceptors (Lipinski definition) is 0. The van der Waals surface area contributed by atoms with Crippen LogP contribution in [0.15, 0.2) is 23.8 Å². The molecule has 0 aromatic carbocycles. The molecule has 0 amide bonds. The summed E-state index contributed by atoms with van der Waals surface area (Å²) in [6.45, 7) is 2.21. The largest absolute Gasteiger partial charge is 0.107 e. The molecular formula is C11H17I. The highest BCUT2D eigenvalue weighted by atomic mass is 127. The van der Waals surface area contributed by atoms with Crippen LogP contribution in [0.3, 0.4) is 0 Å². The summed E-state index contributed by atoms with van der Waals surface area (Å²) < 4.78 is 0. The molecule has 0 aromatic rings. The maximum absolute atomic E-state index is 2.46. The van der Waals surface area contributed by atoms with Crippen molar-refractivity contribution in [1.29, 1.82) is 0 Å². The highest BCUT2D eigenvalue weighted by Crippen LogP contribution is 2.35. The van der Waals surface area contributed by atoms with Gasteiger partial charge in [0.15, 0.2) is 0 Å². The van der Waals surface area contributed by atoms with Crippen molar-refractivity contribution in [2.24, 2.45) is 11.8 Å². The predicted octanol–water partition coefficient (Wildman–Crippen LogP) is 3.93. The second kappa shape index (κ2) is 4.45. The van der Waals surface area contributed by atoms with Crippen LogP contribution < -0.4 is 0 Å². The van der Waals surface area contributed by atoms with Gasteiger partial charge in [-0.15, -0.1) is 24.0 Å². The molecule has 0 saturated heterocycles. The van der Waals surface area contributed by atoms with Crippen LogP contribution in [0.25, 0.3) is 0 Å². The lowest BCUT2D eigenvalue weighted by atomic mass is 9.76. The van der Waals surface area contributed by atoms with Crippen LogP contribution in [-0.2, 0) is 0 Å². The van der Waals surface area contributed by atoms with E-state index in [9.17, 15) is 0 Å². The lowest BCUT2D eigenvalue weighted by Crippen LogP contribution is -2.17. The molecule has 12 heavy (non-hydrogen) atoms. The Morgan fingerprint density at radius 2 is 1.83 bits per heavy atom. The minimum absolute atomic E-state index is 0. The second-order valence-electron chi connectivity index (χ2n) is 3.88. The molecule has 0 aromatic heterocycles. The Bertz CT molecular complexity index is 203. The van der Waals surface area contributed by atoms with Gasteiger partial charge < -0.3 is 0 Å². The molecule has 2 aliphatic rings. The molecular weight excluding hydrogens is 259 g/mol. The molecule has 0 nitrogen and oxygen atoms in total. The van der Waals surface area contributed by atoms with Crippen molar-refractivity contribution in [2.45, 2.75) is 32.6 Å². The van der Waals surface area contributed by atoms with Gasteiger partial charge in [-0.05, 0) is 31.6 Å². The average molecular weight is 276 g/mol. The second-order valence-corrected chi connectivity index (χ2v) is 3.88. The average Bonchev–Trinajstić information content (AvgIpc) is 2.04. The van der Waals surface area contributed by atoms with E-state index in [1.54, 1.807) is 0 Å². The number of rotatable bonds is 0. The molecule has 2 aliphatic carbocycles. The third kappa shape index (κ3) is 2.12. The minimum Gasteiger partial charge on any atom is -0.107 e. The molecule has 0 heterocycles. The molecule has 0 bridgehead atoms. The normalized spacial score (nSPS) is 33.2. The maximum atomic E-state index is 2.46. The highest BCUT2D eigenvalue weighted by molar-refractivity contribution is 14.0. The predicted molar refractivity (Wildman–Crippen MR) is 63.8 cm³/mol. The topological polar surface area (TPSA) is 0 Å². The van der Waals surface area contributed by atoms with Crippen molar-refractivity contribution in [3.63, 3.8) is 0 Å². The van der Waals surface area contributed by atoms with Crippen LogP contribution >= 0.6 is 24.0 Å². The van der Waals surface area contributed by atoms with Crippen LogP contribution in [0, 0.1) is 11.8 Å². The van der Waals surface area contributed by atoms with Crippen molar-refractivity contribution >= 4 is 24.0 Å². The van der Waals surface area contributed by atoms with Crippen molar-refractivity contribution in [3.8, 4) is 0 Å². The first-order chi connectivity index (χ1) is 5.36. The molecule has 68 valence electrons. The van der Waals surface area contributed by atoms with E-state index in [-0.39, 0.29) is 24.0 Å². The number of fused-ring (bicyclic) bond motifs is 1. The Balaban J connectivity index is 0.000000720. The van der Waals surface area contributed by atoms with Crippen LogP contribution in [0.2, 0.25) is 0 Å². The fourth-order valence-electron chi connectivity index (χ4n) is 2.30. The van der Waals surface area contributed by atoms with Gasteiger partial charge in [0, 0.05) is 0 Å². The van der Waals surface area contributed by atoms with Gasteiger partial charge in [0.05, 0.1) is 0 Å².